The van der Waals surface area contributed by atoms with E-state index in [0.29, 0.717) is 13.1 Å². The highest BCUT2D eigenvalue weighted by Crippen LogP contribution is 2.21. The number of hydrogen-bond donors (Lipinski definition) is 2. The Hall–Kier alpha value is -0.630. The minimum Gasteiger partial charge on any atom is -0.311 e. The van der Waals surface area contributed by atoms with E-state index in [0.717, 1.165) is 48.6 Å². The molecular formula is C12H23ClN4O2S. The predicted octanol–water partition coefficient (Wildman–Crippen LogP) is 1.15. The van der Waals surface area contributed by atoms with Crippen molar-refractivity contribution in [1.29, 1.82) is 0 Å². The summed E-state index contributed by atoms with van der Waals surface area (Å²) in [6.07, 6.45) is 2.70. The lowest BCUT2D eigenvalue weighted by Gasteiger charge is -2.07. The molecule has 0 aliphatic carbocycles. The van der Waals surface area contributed by atoms with Gasteiger partial charge in [0.2, 0.25) is 10.0 Å². The standard InChI is InChI=1S/C12H23ClN4O2S/c1-4-10-12(13)11(17(5-2)16-10)9-14-7-6-8-15-20(3,18)19/h14-15H,4-9H2,1-3H3. The van der Waals surface area contributed by atoms with Crippen molar-refractivity contribution in [2.75, 3.05) is 19.3 Å². The van der Waals surface area contributed by atoms with Crippen molar-refractivity contribution in [3.05, 3.63) is 16.4 Å². The van der Waals surface area contributed by atoms with Gasteiger partial charge in [-0.2, -0.15) is 5.10 Å². The van der Waals surface area contributed by atoms with Crippen molar-refractivity contribution in [1.82, 2.24) is 19.8 Å². The lowest BCUT2D eigenvalue weighted by atomic mass is 10.3. The Morgan fingerprint density at radius 1 is 1.30 bits per heavy atom. The normalized spacial score (nSPS) is 12.0. The van der Waals surface area contributed by atoms with E-state index in [9.17, 15) is 8.42 Å². The molecule has 0 fully saturated rings. The van der Waals surface area contributed by atoms with E-state index in [2.05, 4.69) is 15.1 Å². The zero-order valence-corrected chi connectivity index (χ0v) is 13.8. The van der Waals surface area contributed by atoms with Gasteiger partial charge in [-0.1, -0.05) is 18.5 Å². The van der Waals surface area contributed by atoms with E-state index in [-0.39, 0.29) is 0 Å². The summed E-state index contributed by atoms with van der Waals surface area (Å²) in [4.78, 5) is 0. The van der Waals surface area contributed by atoms with E-state index < -0.39 is 10.0 Å². The lowest BCUT2D eigenvalue weighted by molar-refractivity contribution is 0.561. The van der Waals surface area contributed by atoms with E-state index in [4.69, 9.17) is 11.6 Å². The summed E-state index contributed by atoms with van der Waals surface area (Å²) >= 11 is 6.29. The Labute approximate surface area is 125 Å². The molecule has 1 aromatic rings. The number of nitrogens with zero attached hydrogens (tertiary/aromatic N) is 2. The Kier molecular flexibility index (Phi) is 6.94. The topological polar surface area (TPSA) is 76.0 Å². The predicted molar refractivity (Wildman–Crippen MR) is 81.5 cm³/mol. The quantitative estimate of drug-likeness (QED) is 0.669. The maximum atomic E-state index is 10.9. The van der Waals surface area contributed by atoms with Gasteiger partial charge < -0.3 is 5.32 Å². The molecule has 0 unspecified atom stereocenters. The summed E-state index contributed by atoms with van der Waals surface area (Å²) in [7, 11) is -3.09. The fourth-order valence-electron chi connectivity index (χ4n) is 1.86. The Balaban J connectivity index is 2.40. The van der Waals surface area contributed by atoms with Gasteiger partial charge in [0.1, 0.15) is 0 Å². The molecule has 1 aromatic heterocycles. The molecule has 0 amide bonds. The smallest absolute Gasteiger partial charge is 0.208 e. The Morgan fingerprint density at radius 2 is 2.00 bits per heavy atom. The molecule has 2 N–H and O–H groups in total. The van der Waals surface area contributed by atoms with E-state index in [1.807, 2.05) is 18.5 Å². The van der Waals surface area contributed by atoms with Crippen LogP contribution >= 0.6 is 11.6 Å². The fraction of sp³-hybridized carbons (Fsp3) is 0.750. The van der Waals surface area contributed by atoms with Crippen LogP contribution < -0.4 is 10.0 Å². The molecule has 116 valence electrons. The van der Waals surface area contributed by atoms with Crippen LogP contribution in [-0.4, -0.2) is 37.5 Å². The first-order valence-corrected chi connectivity index (χ1v) is 9.05. The van der Waals surface area contributed by atoms with Gasteiger partial charge in [0.15, 0.2) is 0 Å². The second kappa shape index (κ2) is 7.97. The second-order valence-corrected chi connectivity index (χ2v) is 6.78. The van der Waals surface area contributed by atoms with E-state index in [1.165, 1.54) is 0 Å². The van der Waals surface area contributed by atoms with Crippen LogP contribution in [0.1, 0.15) is 31.7 Å². The highest BCUT2D eigenvalue weighted by Gasteiger charge is 2.13. The van der Waals surface area contributed by atoms with Crippen LogP contribution in [0.15, 0.2) is 0 Å². The molecule has 0 aliphatic heterocycles. The zero-order valence-electron chi connectivity index (χ0n) is 12.2. The first-order valence-electron chi connectivity index (χ1n) is 6.78. The molecule has 0 aliphatic rings. The maximum Gasteiger partial charge on any atom is 0.208 e. The monoisotopic (exact) mass is 322 g/mol. The van der Waals surface area contributed by atoms with Crippen molar-refractivity contribution in [2.45, 2.75) is 39.8 Å². The summed E-state index contributed by atoms with van der Waals surface area (Å²) in [5.74, 6) is 0. The van der Waals surface area contributed by atoms with Gasteiger partial charge in [0.25, 0.3) is 0 Å². The molecule has 0 bridgehead atoms. The number of nitrogens with one attached hydrogen (secondary N) is 2. The lowest BCUT2D eigenvalue weighted by Crippen LogP contribution is -2.26. The third-order valence-corrected chi connectivity index (χ3v) is 4.05. The largest absolute Gasteiger partial charge is 0.311 e. The van der Waals surface area contributed by atoms with E-state index in [1.54, 1.807) is 0 Å². The van der Waals surface area contributed by atoms with Crippen molar-refractivity contribution in [3.63, 3.8) is 0 Å². The molecule has 8 heteroatoms. The Morgan fingerprint density at radius 3 is 2.55 bits per heavy atom. The number of aryl methyl sites for hydroxylation is 2. The SMILES string of the molecule is CCc1nn(CC)c(CNCCCNS(C)(=O)=O)c1Cl. The van der Waals surface area contributed by atoms with Crippen LogP contribution in [0, 0.1) is 0 Å². The minimum absolute atomic E-state index is 0.437. The third-order valence-electron chi connectivity index (χ3n) is 2.88. The molecule has 0 radical (unpaired) electrons. The van der Waals surface area contributed by atoms with Crippen LogP contribution in [0.5, 0.6) is 0 Å². The molecule has 1 heterocycles. The third kappa shape index (κ3) is 5.40. The number of rotatable bonds is 9. The number of aromatic nitrogens is 2. The first kappa shape index (κ1) is 17.4. The number of sulfonamides is 1. The highest BCUT2D eigenvalue weighted by atomic mass is 35.5. The van der Waals surface area contributed by atoms with Crippen LogP contribution in [0.25, 0.3) is 0 Å². The molecule has 0 spiro atoms. The van der Waals surface area contributed by atoms with Crippen molar-refractivity contribution in [2.24, 2.45) is 0 Å². The van der Waals surface area contributed by atoms with E-state index >= 15 is 0 Å². The van der Waals surface area contributed by atoms with Crippen molar-refractivity contribution >= 4 is 21.6 Å². The minimum atomic E-state index is -3.09. The summed E-state index contributed by atoms with van der Waals surface area (Å²) < 4.78 is 26.1. The molecule has 6 nitrogen and oxygen atoms in total. The van der Waals surface area contributed by atoms with Crippen molar-refractivity contribution in [3.8, 4) is 0 Å². The van der Waals surface area contributed by atoms with Gasteiger partial charge in [0.05, 0.1) is 22.7 Å². The van der Waals surface area contributed by atoms with Gasteiger partial charge >= 0.3 is 0 Å². The highest BCUT2D eigenvalue weighted by molar-refractivity contribution is 7.88. The van der Waals surface area contributed by atoms with Crippen molar-refractivity contribution < 1.29 is 8.42 Å². The van der Waals surface area contributed by atoms with Crippen LogP contribution in [-0.2, 0) is 29.5 Å². The molecule has 0 saturated carbocycles. The molecule has 1 rings (SSSR count). The summed E-state index contributed by atoms with van der Waals surface area (Å²) in [6.45, 7) is 6.64. The summed E-state index contributed by atoms with van der Waals surface area (Å²) in [5, 5.41) is 8.44. The van der Waals surface area contributed by atoms with Crippen LogP contribution in [0.4, 0.5) is 0 Å². The molecular weight excluding hydrogens is 300 g/mol. The average Bonchev–Trinajstić information content (AvgIpc) is 2.68. The first-order chi connectivity index (χ1) is 9.39. The van der Waals surface area contributed by atoms with Crippen LogP contribution in [0.2, 0.25) is 5.02 Å². The van der Waals surface area contributed by atoms with Gasteiger partial charge in [0, 0.05) is 19.6 Å². The fourth-order valence-corrected chi connectivity index (χ4v) is 2.71. The van der Waals surface area contributed by atoms with Gasteiger partial charge in [-0.3, -0.25) is 4.68 Å². The van der Waals surface area contributed by atoms with Gasteiger partial charge in [-0.15, -0.1) is 0 Å². The molecule has 0 atom stereocenters. The van der Waals surface area contributed by atoms with Crippen LogP contribution in [0.3, 0.4) is 0 Å². The second-order valence-electron chi connectivity index (χ2n) is 4.57. The number of hydrogen-bond acceptors (Lipinski definition) is 4. The zero-order chi connectivity index (χ0) is 15.2. The van der Waals surface area contributed by atoms with Gasteiger partial charge in [-0.05, 0) is 26.3 Å². The molecule has 0 saturated heterocycles. The maximum absolute atomic E-state index is 10.9. The molecule has 20 heavy (non-hydrogen) atoms. The summed E-state index contributed by atoms with van der Waals surface area (Å²) in [6, 6.07) is 0. The molecule has 0 aromatic carbocycles. The van der Waals surface area contributed by atoms with Gasteiger partial charge in [-0.25, -0.2) is 13.1 Å². The Bertz CT molecular complexity index is 528. The average molecular weight is 323 g/mol. The summed E-state index contributed by atoms with van der Waals surface area (Å²) in [5.41, 5.74) is 1.91. The number of halogens is 1.